The molecule has 0 saturated carbocycles. The summed E-state index contributed by atoms with van der Waals surface area (Å²) in [7, 11) is 0. The molecule has 0 aromatic heterocycles. The minimum Gasteiger partial charge on any atom is -0.385 e. The van der Waals surface area contributed by atoms with Gasteiger partial charge in [0.2, 0.25) is 0 Å². The quantitative estimate of drug-likeness (QED) is 0.846. The summed E-state index contributed by atoms with van der Waals surface area (Å²) in [6, 6.07) is 3.67. The SMILES string of the molecule is Cc1cc(C(=O)NCC(O)C(F)F)ccc1F. The molecule has 1 aromatic carbocycles. The number of aryl methyl sites for hydroxylation is 1. The van der Waals surface area contributed by atoms with E-state index in [0.29, 0.717) is 0 Å². The molecule has 1 atom stereocenters. The number of carbonyl (C=O) groups is 1. The van der Waals surface area contributed by atoms with Gasteiger partial charge in [-0.25, -0.2) is 13.2 Å². The van der Waals surface area contributed by atoms with Crippen LogP contribution in [-0.4, -0.2) is 30.1 Å². The Balaban J connectivity index is 2.61. The lowest BCUT2D eigenvalue weighted by molar-refractivity contribution is -0.00270. The molecule has 0 radical (unpaired) electrons. The van der Waals surface area contributed by atoms with Crippen LogP contribution in [0, 0.1) is 12.7 Å². The van der Waals surface area contributed by atoms with Gasteiger partial charge in [-0.15, -0.1) is 0 Å². The number of rotatable bonds is 4. The maximum absolute atomic E-state index is 12.9. The normalized spacial score (nSPS) is 12.6. The smallest absolute Gasteiger partial charge is 0.265 e. The second-order valence-electron chi connectivity index (χ2n) is 3.58. The molecule has 1 amide bonds. The highest BCUT2D eigenvalue weighted by atomic mass is 19.3. The van der Waals surface area contributed by atoms with Crippen molar-refractivity contribution >= 4 is 5.91 Å². The van der Waals surface area contributed by atoms with Gasteiger partial charge < -0.3 is 10.4 Å². The molecule has 1 unspecified atom stereocenters. The van der Waals surface area contributed by atoms with E-state index in [9.17, 15) is 18.0 Å². The predicted molar refractivity (Wildman–Crippen MR) is 55.5 cm³/mol. The van der Waals surface area contributed by atoms with Crippen molar-refractivity contribution < 1.29 is 23.1 Å². The van der Waals surface area contributed by atoms with E-state index in [1.54, 1.807) is 0 Å². The monoisotopic (exact) mass is 247 g/mol. The second kappa shape index (κ2) is 5.67. The zero-order chi connectivity index (χ0) is 13.0. The van der Waals surface area contributed by atoms with Gasteiger partial charge in [0.1, 0.15) is 11.9 Å². The molecule has 94 valence electrons. The molecular formula is C11H12F3NO2. The van der Waals surface area contributed by atoms with Gasteiger partial charge in [-0.1, -0.05) is 0 Å². The van der Waals surface area contributed by atoms with E-state index in [-0.39, 0.29) is 11.1 Å². The predicted octanol–water partition coefficient (Wildman–Crippen LogP) is 1.49. The van der Waals surface area contributed by atoms with Gasteiger partial charge in [0.15, 0.2) is 0 Å². The third kappa shape index (κ3) is 3.74. The lowest BCUT2D eigenvalue weighted by Gasteiger charge is -2.11. The largest absolute Gasteiger partial charge is 0.385 e. The molecule has 17 heavy (non-hydrogen) atoms. The third-order valence-electron chi connectivity index (χ3n) is 2.18. The zero-order valence-corrected chi connectivity index (χ0v) is 9.08. The highest BCUT2D eigenvalue weighted by molar-refractivity contribution is 5.94. The van der Waals surface area contributed by atoms with Crippen LogP contribution in [0.25, 0.3) is 0 Å². The van der Waals surface area contributed by atoms with Gasteiger partial charge >= 0.3 is 0 Å². The number of hydrogen-bond donors (Lipinski definition) is 2. The molecule has 1 aromatic rings. The summed E-state index contributed by atoms with van der Waals surface area (Å²) in [4.78, 5) is 11.4. The van der Waals surface area contributed by atoms with Crippen molar-refractivity contribution in [2.45, 2.75) is 19.5 Å². The van der Waals surface area contributed by atoms with Crippen molar-refractivity contribution in [2.75, 3.05) is 6.54 Å². The van der Waals surface area contributed by atoms with Crippen molar-refractivity contribution in [1.29, 1.82) is 0 Å². The lowest BCUT2D eigenvalue weighted by atomic mass is 10.1. The van der Waals surface area contributed by atoms with Gasteiger partial charge in [-0.3, -0.25) is 4.79 Å². The summed E-state index contributed by atoms with van der Waals surface area (Å²) < 4.78 is 36.8. The molecular weight excluding hydrogens is 235 g/mol. The number of carbonyl (C=O) groups excluding carboxylic acids is 1. The number of amides is 1. The fraction of sp³-hybridized carbons (Fsp3) is 0.364. The Morgan fingerprint density at radius 3 is 2.65 bits per heavy atom. The van der Waals surface area contributed by atoms with Crippen LogP contribution in [-0.2, 0) is 0 Å². The summed E-state index contributed by atoms with van der Waals surface area (Å²) in [5, 5.41) is 10.9. The fourth-order valence-corrected chi connectivity index (χ4v) is 1.17. The molecule has 3 nitrogen and oxygen atoms in total. The second-order valence-corrected chi connectivity index (χ2v) is 3.58. The zero-order valence-electron chi connectivity index (χ0n) is 9.08. The van der Waals surface area contributed by atoms with E-state index >= 15 is 0 Å². The summed E-state index contributed by atoms with van der Waals surface area (Å²) >= 11 is 0. The van der Waals surface area contributed by atoms with E-state index in [1.165, 1.54) is 19.1 Å². The first-order chi connectivity index (χ1) is 7.91. The van der Waals surface area contributed by atoms with Crippen molar-refractivity contribution in [3.8, 4) is 0 Å². The topological polar surface area (TPSA) is 49.3 Å². The van der Waals surface area contributed by atoms with Gasteiger partial charge in [0.25, 0.3) is 12.3 Å². The Labute approximate surface area is 96.3 Å². The van der Waals surface area contributed by atoms with E-state index in [4.69, 9.17) is 5.11 Å². The minimum atomic E-state index is -2.91. The summed E-state index contributed by atoms with van der Waals surface area (Å²) in [6.07, 6.45) is -4.81. The van der Waals surface area contributed by atoms with Crippen LogP contribution in [0.2, 0.25) is 0 Å². The van der Waals surface area contributed by atoms with Gasteiger partial charge in [-0.05, 0) is 30.7 Å². The number of hydrogen-bond acceptors (Lipinski definition) is 2. The Hall–Kier alpha value is -1.56. The van der Waals surface area contributed by atoms with E-state index in [1.807, 2.05) is 0 Å². The molecule has 2 N–H and O–H groups in total. The van der Waals surface area contributed by atoms with Gasteiger partial charge in [-0.2, -0.15) is 0 Å². The average Bonchev–Trinajstić information content (AvgIpc) is 2.28. The number of halogens is 3. The van der Waals surface area contributed by atoms with E-state index in [2.05, 4.69) is 5.32 Å². The molecule has 6 heteroatoms. The number of nitrogens with one attached hydrogen (secondary N) is 1. The molecule has 0 aliphatic rings. The lowest BCUT2D eigenvalue weighted by Crippen LogP contribution is -2.35. The molecule has 0 saturated heterocycles. The van der Waals surface area contributed by atoms with Crippen LogP contribution < -0.4 is 5.32 Å². The average molecular weight is 247 g/mol. The van der Waals surface area contributed by atoms with Gasteiger partial charge in [0, 0.05) is 12.1 Å². The molecule has 0 spiro atoms. The molecule has 0 aliphatic carbocycles. The fourth-order valence-electron chi connectivity index (χ4n) is 1.17. The number of aliphatic hydroxyl groups is 1. The maximum Gasteiger partial charge on any atom is 0.265 e. The number of aliphatic hydroxyl groups excluding tert-OH is 1. The Morgan fingerprint density at radius 1 is 1.47 bits per heavy atom. The molecule has 0 fully saturated rings. The van der Waals surface area contributed by atoms with Crippen molar-refractivity contribution in [2.24, 2.45) is 0 Å². The molecule has 0 aliphatic heterocycles. The van der Waals surface area contributed by atoms with Crippen LogP contribution in [0.5, 0.6) is 0 Å². The first kappa shape index (κ1) is 13.5. The third-order valence-corrected chi connectivity index (χ3v) is 2.18. The first-order valence-electron chi connectivity index (χ1n) is 4.92. The Kier molecular flexibility index (Phi) is 4.51. The number of benzene rings is 1. The highest BCUT2D eigenvalue weighted by Crippen LogP contribution is 2.09. The molecule has 0 bridgehead atoms. The van der Waals surface area contributed by atoms with Crippen molar-refractivity contribution in [1.82, 2.24) is 5.32 Å². The Bertz CT molecular complexity index is 410. The molecule has 0 heterocycles. The number of alkyl halides is 2. The van der Waals surface area contributed by atoms with E-state index in [0.717, 1.165) is 6.07 Å². The van der Waals surface area contributed by atoms with Gasteiger partial charge in [0.05, 0.1) is 0 Å². The van der Waals surface area contributed by atoms with Crippen molar-refractivity contribution in [3.63, 3.8) is 0 Å². The molecule has 1 rings (SSSR count). The summed E-state index contributed by atoms with van der Waals surface area (Å²) in [5.74, 6) is -1.08. The van der Waals surface area contributed by atoms with Crippen LogP contribution in [0.1, 0.15) is 15.9 Å². The van der Waals surface area contributed by atoms with Crippen LogP contribution in [0.3, 0.4) is 0 Å². The summed E-state index contributed by atoms with van der Waals surface area (Å²) in [5.41, 5.74) is 0.442. The maximum atomic E-state index is 12.9. The van der Waals surface area contributed by atoms with E-state index < -0.39 is 30.8 Å². The minimum absolute atomic E-state index is 0.158. The van der Waals surface area contributed by atoms with Crippen molar-refractivity contribution in [3.05, 3.63) is 35.1 Å². The van der Waals surface area contributed by atoms with Crippen LogP contribution in [0.4, 0.5) is 13.2 Å². The highest BCUT2D eigenvalue weighted by Gasteiger charge is 2.18. The first-order valence-corrected chi connectivity index (χ1v) is 4.92. The van der Waals surface area contributed by atoms with Crippen LogP contribution in [0.15, 0.2) is 18.2 Å². The standard InChI is InChI=1S/C11H12F3NO2/c1-6-4-7(2-3-8(6)12)11(17)15-5-9(16)10(13)14/h2-4,9-10,16H,5H2,1H3,(H,15,17). The van der Waals surface area contributed by atoms with Crippen LogP contribution >= 0.6 is 0 Å². The summed E-state index contributed by atoms with van der Waals surface area (Å²) in [6.45, 7) is 0.938. The Morgan fingerprint density at radius 2 is 2.12 bits per heavy atom.